The summed E-state index contributed by atoms with van der Waals surface area (Å²) in [6.45, 7) is 1.77. The van der Waals surface area contributed by atoms with E-state index in [0.29, 0.717) is 12.5 Å². The van der Waals surface area contributed by atoms with E-state index in [0.717, 1.165) is 12.8 Å². The van der Waals surface area contributed by atoms with Crippen LogP contribution < -0.4 is 5.32 Å². The molecule has 0 aromatic rings. The van der Waals surface area contributed by atoms with Gasteiger partial charge in [-0.05, 0) is 19.8 Å². The lowest BCUT2D eigenvalue weighted by atomic mass is 10.1. The third kappa shape index (κ3) is 3.45. The molecule has 3 heteroatoms. The molecule has 1 unspecified atom stereocenters. The minimum Gasteiger partial charge on any atom is -0.353 e. The summed E-state index contributed by atoms with van der Waals surface area (Å²) in [4.78, 5) is 11.3. The maximum Gasteiger partial charge on any atom is 0.221 e. The van der Waals surface area contributed by atoms with Gasteiger partial charge in [-0.3, -0.25) is 4.79 Å². The SMILES string of the molecule is CC(C#N)CC(=O)NC1CCCC1. The molecule has 0 heterocycles. The summed E-state index contributed by atoms with van der Waals surface area (Å²) in [5, 5.41) is 11.5. The normalized spacial score (nSPS) is 19.4. The minimum atomic E-state index is -0.165. The smallest absolute Gasteiger partial charge is 0.221 e. The molecule has 3 nitrogen and oxygen atoms in total. The standard InChI is InChI=1S/C10H16N2O/c1-8(7-11)6-10(13)12-9-4-2-3-5-9/h8-9H,2-6H2,1H3,(H,12,13). The van der Waals surface area contributed by atoms with Gasteiger partial charge in [0.05, 0.1) is 12.0 Å². The van der Waals surface area contributed by atoms with E-state index in [-0.39, 0.29) is 11.8 Å². The van der Waals surface area contributed by atoms with Crippen molar-refractivity contribution >= 4 is 5.91 Å². The largest absolute Gasteiger partial charge is 0.353 e. The quantitative estimate of drug-likeness (QED) is 0.717. The summed E-state index contributed by atoms with van der Waals surface area (Å²) in [7, 11) is 0. The average molecular weight is 180 g/mol. The summed E-state index contributed by atoms with van der Waals surface area (Å²) in [5.41, 5.74) is 0. The van der Waals surface area contributed by atoms with Crippen molar-refractivity contribution < 1.29 is 4.79 Å². The van der Waals surface area contributed by atoms with Crippen LogP contribution in [-0.2, 0) is 4.79 Å². The summed E-state index contributed by atoms with van der Waals surface area (Å²) in [6, 6.07) is 2.43. The van der Waals surface area contributed by atoms with E-state index in [1.807, 2.05) is 0 Å². The van der Waals surface area contributed by atoms with Crippen LogP contribution in [0.3, 0.4) is 0 Å². The minimum absolute atomic E-state index is 0.0287. The maximum atomic E-state index is 11.3. The van der Waals surface area contributed by atoms with Crippen LogP contribution in [0.25, 0.3) is 0 Å². The average Bonchev–Trinajstić information content (AvgIpc) is 2.56. The molecule has 0 aliphatic heterocycles. The molecule has 0 radical (unpaired) electrons. The van der Waals surface area contributed by atoms with Crippen molar-refractivity contribution in [3.05, 3.63) is 0 Å². The first kappa shape index (κ1) is 10.0. The Morgan fingerprint density at radius 1 is 1.62 bits per heavy atom. The molecule has 72 valence electrons. The first-order valence-corrected chi connectivity index (χ1v) is 4.91. The van der Waals surface area contributed by atoms with Crippen LogP contribution in [0, 0.1) is 17.2 Å². The number of nitriles is 1. The van der Waals surface area contributed by atoms with Gasteiger partial charge in [0.15, 0.2) is 0 Å². The topological polar surface area (TPSA) is 52.9 Å². The fourth-order valence-electron chi connectivity index (χ4n) is 1.68. The first-order chi connectivity index (χ1) is 6.22. The Balaban J connectivity index is 2.21. The molecule has 0 saturated heterocycles. The van der Waals surface area contributed by atoms with Gasteiger partial charge in [-0.25, -0.2) is 0 Å². The molecule has 1 aliphatic rings. The molecule has 0 spiro atoms. The molecule has 0 aromatic carbocycles. The molecular formula is C10H16N2O. The van der Waals surface area contributed by atoms with Crippen molar-refractivity contribution in [2.75, 3.05) is 0 Å². The zero-order chi connectivity index (χ0) is 9.68. The van der Waals surface area contributed by atoms with Gasteiger partial charge in [0.25, 0.3) is 0 Å². The Kier molecular flexibility index (Phi) is 3.75. The van der Waals surface area contributed by atoms with Crippen molar-refractivity contribution in [1.82, 2.24) is 5.32 Å². The highest BCUT2D eigenvalue weighted by Crippen LogP contribution is 2.17. The third-order valence-electron chi connectivity index (χ3n) is 2.43. The lowest BCUT2D eigenvalue weighted by Gasteiger charge is -2.11. The number of carbonyl (C=O) groups excluding carboxylic acids is 1. The second-order valence-electron chi connectivity index (χ2n) is 3.78. The van der Waals surface area contributed by atoms with Crippen LogP contribution in [0.5, 0.6) is 0 Å². The second-order valence-corrected chi connectivity index (χ2v) is 3.78. The van der Waals surface area contributed by atoms with Gasteiger partial charge in [-0.15, -0.1) is 0 Å². The Morgan fingerprint density at radius 2 is 2.23 bits per heavy atom. The van der Waals surface area contributed by atoms with Gasteiger partial charge in [0.2, 0.25) is 5.91 Å². The zero-order valence-corrected chi connectivity index (χ0v) is 8.05. The molecule has 1 saturated carbocycles. The maximum absolute atomic E-state index is 11.3. The number of nitrogens with one attached hydrogen (secondary N) is 1. The summed E-state index contributed by atoms with van der Waals surface area (Å²) in [6.07, 6.45) is 4.99. The predicted octanol–water partition coefficient (Wildman–Crippen LogP) is 1.59. The van der Waals surface area contributed by atoms with Crippen LogP contribution in [-0.4, -0.2) is 11.9 Å². The molecular weight excluding hydrogens is 164 g/mol. The Labute approximate surface area is 79.1 Å². The van der Waals surface area contributed by atoms with Gasteiger partial charge in [0, 0.05) is 12.5 Å². The van der Waals surface area contributed by atoms with Gasteiger partial charge in [-0.1, -0.05) is 12.8 Å². The Morgan fingerprint density at radius 3 is 2.77 bits per heavy atom. The van der Waals surface area contributed by atoms with Crippen molar-refractivity contribution in [3.8, 4) is 6.07 Å². The van der Waals surface area contributed by atoms with Gasteiger partial charge in [-0.2, -0.15) is 5.26 Å². The fourth-order valence-corrected chi connectivity index (χ4v) is 1.68. The van der Waals surface area contributed by atoms with Gasteiger partial charge in [0.1, 0.15) is 0 Å². The van der Waals surface area contributed by atoms with E-state index in [1.165, 1.54) is 12.8 Å². The number of amides is 1. The molecule has 13 heavy (non-hydrogen) atoms. The van der Waals surface area contributed by atoms with E-state index in [2.05, 4.69) is 11.4 Å². The van der Waals surface area contributed by atoms with E-state index in [9.17, 15) is 4.79 Å². The Bertz CT molecular complexity index is 213. The van der Waals surface area contributed by atoms with Crippen LogP contribution in [0.1, 0.15) is 39.0 Å². The molecule has 1 fully saturated rings. The molecule has 1 aliphatic carbocycles. The monoisotopic (exact) mass is 180 g/mol. The van der Waals surface area contributed by atoms with Crippen LogP contribution >= 0.6 is 0 Å². The Hall–Kier alpha value is -1.04. The van der Waals surface area contributed by atoms with Gasteiger partial charge >= 0.3 is 0 Å². The number of carbonyl (C=O) groups is 1. The zero-order valence-electron chi connectivity index (χ0n) is 8.05. The number of rotatable bonds is 3. The van der Waals surface area contributed by atoms with Crippen LogP contribution in [0.4, 0.5) is 0 Å². The van der Waals surface area contributed by atoms with E-state index in [4.69, 9.17) is 5.26 Å². The van der Waals surface area contributed by atoms with E-state index in [1.54, 1.807) is 6.92 Å². The summed E-state index contributed by atoms with van der Waals surface area (Å²) in [5.74, 6) is -0.137. The molecule has 1 amide bonds. The fraction of sp³-hybridized carbons (Fsp3) is 0.800. The van der Waals surface area contributed by atoms with Crippen molar-refractivity contribution in [2.45, 2.75) is 45.1 Å². The first-order valence-electron chi connectivity index (χ1n) is 4.91. The molecule has 1 rings (SSSR count). The van der Waals surface area contributed by atoms with E-state index < -0.39 is 0 Å². The summed E-state index contributed by atoms with van der Waals surface area (Å²) >= 11 is 0. The lowest BCUT2D eigenvalue weighted by molar-refractivity contribution is -0.122. The highest BCUT2D eigenvalue weighted by Gasteiger charge is 2.17. The van der Waals surface area contributed by atoms with E-state index >= 15 is 0 Å². The van der Waals surface area contributed by atoms with Crippen molar-refractivity contribution in [2.24, 2.45) is 5.92 Å². The third-order valence-corrected chi connectivity index (χ3v) is 2.43. The predicted molar refractivity (Wildman–Crippen MR) is 49.8 cm³/mol. The highest BCUT2D eigenvalue weighted by molar-refractivity contribution is 5.76. The molecule has 1 atom stereocenters. The van der Waals surface area contributed by atoms with Crippen molar-refractivity contribution in [1.29, 1.82) is 5.26 Å². The number of hydrogen-bond donors (Lipinski definition) is 1. The lowest BCUT2D eigenvalue weighted by Crippen LogP contribution is -2.33. The second kappa shape index (κ2) is 4.86. The van der Waals surface area contributed by atoms with Crippen LogP contribution in [0.2, 0.25) is 0 Å². The number of hydrogen-bond acceptors (Lipinski definition) is 2. The molecule has 0 bridgehead atoms. The molecule has 1 N–H and O–H groups in total. The van der Waals surface area contributed by atoms with Crippen LogP contribution in [0.15, 0.2) is 0 Å². The highest BCUT2D eigenvalue weighted by atomic mass is 16.1. The number of nitrogens with zero attached hydrogens (tertiary/aromatic N) is 1. The van der Waals surface area contributed by atoms with Crippen molar-refractivity contribution in [3.63, 3.8) is 0 Å². The molecule has 0 aromatic heterocycles. The van der Waals surface area contributed by atoms with Gasteiger partial charge < -0.3 is 5.32 Å². The summed E-state index contributed by atoms with van der Waals surface area (Å²) < 4.78 is 0.